The van der Waals surface area contributed by atoms with E-state index >= 15 is 0 Å². The van der Waals surface area contributed by atoms with Gasteiger partial charge in [-0.1, -0.05) is 62.2 Å². The molecule has 6 rings (SSSR count). The second kappa shape index (κ2) is 15.3. The number of hydrogen-bond acceptors (Lipinski definition) is 8. The summed E-state index contributed by atoms with van der Waals surface area (Å²) in [4.78, 5) is 69.8. The lowest BCUT2D eigenvalue weighted by atomic mass is 9.82. The molecule has 3 aromatic carbocycles. The summed E-state index contributed by atoms with van der Waals surface area (Å²) in [6.07, 6.45) is 3.46. The molecule has 3 aliphatic heterocycles. The van der Waals surface area contributed by atoms with Gasteiger partial charge in [0.25, 0.3) is 11.6 Å². The second-order valence-electron chi connectivity index (χ2n) is 14.8. The number of carbonyl (C=O) groups excluding carboxylic acids is 3. The van der Waals surface area contributed by atoms with E-state index in [1.54, 1.807) is 29.0 Å². The summed E-state index contributed by atoms with van der Waals surface area (Å²) < 4.78 is 6.79. The van der Waals surface area contributed by atoms with E-state index in [4.69, 9.17) is 4.74 Å². The van der Waals surface area contributed by atoms with Gasteiger partial charge in [0, 0.05) is 60.9 Å². The van der Waals surface area contributed by atoms with Crippen molar-refractivity contribution in [3.8, 4) is 0 Å². The molecule has 1 spiro atoms. The molecule has 0 saturated carbocycles. The van der Waals surface area contributed by atoms with Gasteiger partial charge in [0.05, 0.1) is 36.3 Å². The Balaban J connectivity index is 1.32. The van der Waals surface area contributed by atoms with Gasteiger partial charge in [0.2, 0.25) is 11.8 Å². The van der Waals surface area contributed by atoms with E-state index in [9.17, 15) is 34.4 Å². The number of nitro groups is 1. The van der Waals surface area contributed by atoms with E-state index < -0.39 is 42.3 Å². The van der Waals surface area contributed by atoms with Crippen LogP contribution in [0.4, 0.5) is 17.1 Å². The molecule has 12 nitrogen and oxygen atoms in total. The summed E-state index contributed by atoms with van der Waals surface area (Å²) in [6, 6.07) is 21.3. The number of nitrogens with zero attached hydrogens (tertiary/aromatic N) is 4. The minimum Gasteiger partial charge on any atom is -0.432 e. The quantitative estimate of drug-likeness (QED) is 0.146. The van der Waals surface area contributed by atoms with Crippen LogP contribution >= 0.6 is 0 Å². The first-order chi connectivity index (χ1) is 24.8. The van der Waals surface area contributed by atoms with Crippen LogP contribution in [0.5, 0.6) is 0 Å². The molecule has 3 aromatic rings. The van der Waals surface area contributed by atoms with Gasteiger partial charge >= 0.3 is 0 Å². The second-order valence-corrected chi connectivity index (χ2v) is 18.8. The predicted molar refractivity (Wildman–Crippen MR) is 199 cm³/mol. The molecule has 0 aliphatic carbocycles. The molecule has 0 aromatic heterocycles. The topological polar surface area (TPSA) is 154 Å². The summed E-state index contributed by atoms with van der Waals surface area (Å²) in [7, 11) is -3.14. The van der Waals surface area contributed by atoms with Gasteiger partial charge in [-0.15, -0.1) is 0 Å². The number of non-ortho nitro benzene ring substituents is 1. The van der Waals surface area contributed by atoms with E-state index in [1.807, 2.05) is 66.4 Å². The summed E-state index contributed by atoms with van der Waals surface area (Å²) in [5.74, 6) is -1.23. The Hall–Kier alpha value is -4.43. The van der Waals surface area contributed by atoms with Crippen LogP contribution in [0.2, 0.25) is 18.6 Å². The first kappa shape index (κ1) is 37.3. The van der Waals surface area contributed by atoms with Gasteiger partial charge in [-0.3, -0.25) is 24.5 Å². The lowest BCUT2D eigenvalue weighted by molar-refractivity contribution is -0.385. The number of ether oxygens (including phenoxy) is 1. The van der Waals surface area contributed by atoms with Gasteiger partial charge in [-0.2, -0.15) is 0 Å². The first-order valence-corrected chi connectivity index (χ1v) is 21.2. The Morgan fingerprint density at radius 2 is 1.73 bits per heavy atom. The Morgan fingerprint density at radius 3 is 2.40 bits per heavy atom. The molecule has 276 valence electrons. The van der Waals surface area contributed by atoms with Gasteiger partial charge in [0.1, 0.15) is 0 Å². The standard InChI is InChI=1S/C39H48N4O8Si/c1-27-37(52(2,3)50)34(24-36(46)40(21-22-44)25-28-11-7-6-8-12-28)51-39(27)32-23-31(43(48)49)18-19-33(32)42(38(39)47)26-29-14-16-30(17-15-29)41-20-10-5-4-9-13-35(41)45/h6-8,11-12,14-19,23,27,34,37,44,50H,4-5,9-10,13,20-22,24-26H2,1-3H3/t27-,34+,37-,39+/m1/s1. The summed E-state index contributed by atoms with van der Waals surface area (Å²) >= 11 is 0. The van der Waals surface area contributed by atoms with E-state index in [2.05, 4.69) is 0 Å². The molecule has 0 radical (unpaired) electrons. The largest absolute Gasteiger partial charge is 0.432 e. The van der Waals surface area contributed by atoms with Crippen molar-refractivity contribution in [1.29, 1.82) is 0 Å². The third-order valence-corrected chi connectivity index (χ3v) is 13.4. The summed E-state index contributed by atoms with van der Waals surface area (Å²) in [5.41, 5.74) is 0.855. The fourth-order valence-corrected chi connectivity index (χ4v) is 11.0. The minimum atomic E-state index is -3.14. The molecular formula is C39H48N4O8Si. The van der Waals surface area contributed by atoms with Crippen LogP contribution in [0.1, 0.15) is 62.1 Å². The molecule has 0 bridgehead atoms. The maximum absolute atomic E-state index is 14.9. The predicted octanol–water partition coefficient (Wildman–Crippen LogP) is 5.65. The molecule has 2 N–H and O–H groups in total. The van der Waals surface area contributed by atoms with Gasteiger partial charge in [-0.25, -0.2) is 0 Å². The average molecular weight is 729 g/mol. The highest BCUT2D eigenvalue weighted by Crippen LogP contribution is 2.60. The SMILES string of the molecule is C[C@@H]1[C@@H]([Si](C)(C)O)[C@H](CC(=O)N(CCO)Cc2ccccc2)O[C@@]12C(=O)N(Cc1ccc(N3CCCCCCC3=O)cc1)c1ccc([N+](=O)[O-])cc12. The first-order valence-electron chi connectivity index (χ1n) is 18.2. The zero-order valence-electron chi connectivity index (χ0n) is 30.1. The number of nitro benzene ring substituents is 1. The molecule has 0 unspecified atom stereocenters. The highest BCUT2D eigenvalue weighted by molar-refractivity contribution is 6.71. The highest BCUT2D eigenvalue weighted by Gasteiger charge is 2.66. The van der Waals surface area contributed by atoms with Crippen molar-refractivity contribution < 1.29 is 33.9 Å². The van der Waals surface area contributed by atoms with Gasteiger partial charge in [0.15, 0.2) is 13.9 Å². The smallest absolute Gasteiger partial charge is 0.269 e. The zero-order valence-corrected chi connectivity index (χ0v) is 31.1. The third kappa shape index (κ3) is 7.27. The number of hydrogen-bond donors (Lipinski definition) is 2. The molecule has 4 atom stereocenters. The van der Waals surface area contributed by atoms with Crippen LogP contribution in [0, 0.1) is 16.0 Å². The highest BCUT2D eigenvalue weighted by atomic mass is 28.4. The number of aliphatic hydroxyl groups is 1. The van der Waals surface area contributed by atoms with Crippen LogP contribution in [-0.4, -0.2) is 71.6 Å². The van der Waals surface area contributed by atoms with Crippen LogP contribution < -0.4 is 9.80 Å². The normalized spacial score (nSPS) is 23.4. The lowest BCUT2D eigenvalue weighted by Crippen LogP contribution is -2.46. The number of carbonyl (C=O) groups is 3. The van der Waals surface area contributed by atoms with Crippen LogP contribution in [0.25, 0.3) is 0 Å². The Bertz CT molecular complexity index is 1800. The number of fused-ring (bicyclic) bond motifs is 2. The van der Waals surface area contributed by atoms with Gasteiger partial charge < -0.3 is 29.3 Å². The lowest BCUT2D eigenvalue weighted by Gasteiger charge is -2.32. The molecule has 13 heteroatoms. The van der Waals surface area contributed by atoms with Crippen molar-refractivity contribution in [1.82, 2.24) is 4.90 Å². The van der Waals surface area contributed by atoms with Crippen molar-refractivity contribution in [3.05, 3.63) is 99.6 Å². The summed E-state index contributed by atoms with van der Waals surface area (Å²) in [5, 5.41) is 21.8. The van der Waals surface area contributed by atoms with E-state index in [1.165, 1.54) is 12.1 Å². The van der Waals surface area contributed by atoms with Gasteiger partial charge in [-0.05, 0) is 55.3 Å². The molecule has 2 fully saturated rings. The molecule has 3 heterocycles. The Kier molecular flexibility index (Phi) is 11.0. The van der Waals surface area contributed by atoms with Crippen molar-refractivity contribution in [2.24, 2.45) is 5.92 Å². The molecule has 52 heavy (non-hydrogen) atoms. The van der Waals surface area contributed by atoms with Crippen molar-refractivity contribution in [3.63, 3.8) is 0 Å². The number of anilines is 2. The van der Waals surface area contributed by atoms with Crippen LogP contribution in [-0.2, 0) is 37.8 Å². The Morgan fingerprint density at radius 1 is 1.02 bits per heavy atom. The third-order valence-electron chi connectivity index (χ3n) is 10.9. The van der Waals surface area contributed by atoms with E-state index in [0.29, 0.717) is 24.2 Å². The fourth-order valence-electron chi connectivity index (χ4n) is 8.45. The minimum absolute atomic E-state index is 0.0954. The Labute approximate surface area is 305 Å². The maximum Gasteiger partial charge on any atom is 0.269 e. The molecule has 2 saturated heterocycles. The van der Waals surface area contributed by atoms with Crippen LogP contribution in [0.15, 0.2) is 72.8 Å². The number of rotatable bonds is 11. The number of benzene rings is 3. The number of aliphatic hydroxyl groups excluding tert-OH is 1. The van der Waals surface area contributed by atoms with Crippen molar-refractivity contribution >= 4 is 43.1 Å². The zero-order chi connectivity index (χ0) is 37.2. The molecule has 3 amide bonds. The molecular weight excluding hydrogens is 681 g/mol. The van der Waals surface area contributed by atoms with E-state index in [0.717, 1.165) is 42.5 Å². The number of amides is 3. The van der Waals surface area contributed by atoms with Crippen molar-refractivity contribution in [2.75, 3.05) is 29.5 Å². The average Bonchev–Trinajstić information content (AvgIpc) is 3.53. The van der Waals surface area contributed by atoms with Crippen molar-refractivity contribution in [2.45, 2.75) is 88.9 Å². The van der Waals surface area contributed by atoms with Crippen LogP contribution in [0.3, 0.4) is 0 Å². The monoisotopic (exact) mass is 728 g/mol. The maximum atomic E-state index is 14.9. The summed E-state index contributed by atoms with van der Waals surface area (Å²) in [6.45, 7) is 6.27. The fraction of sp³-hybridized carbons (Fsp3) is 0.462. The molecule has 3 aliphatic rings. The van der Waals surface area contributed by atoms with E-state index in [-0.39, 0.29) is 50.2 Å².